The van der Waals surface area contributed by atoms with Gasteiger partial charge in [0.25, 0.3) is 0 Å². The zero-order valence-electron chi connectivity index (χ0n) is 20.2. The van der Waals surface area contributed by atoms with Gasteiger partial charge in [0.1, 0.15) is 16.8 Å². The molecule has 1 unspecified atom stereocenters. The third kappa shape index (κ3) is 5.60. The number of nitrogens with zero attached hydrogens (tertiary/aromatic N) is 4. The fourth-order valence-corrected chi connectivity index (χ4v) is 3.56. The van der Waals surface area contributed by atoms with Gasteiger partial charge in [-0.25, -0.2) is 4.98 Å². The Morgan fingerprint density at radius 1 is 1.18 bits per heavy atom. The molecule has 2 aromatic heterocycles. The van der Waals surface area contributed by atoms with E-state index in [1.54, 1.807) is 6.07 Å². The molecule has 9 heteroatoms. The average Bonchev–Trinajstić information content (AvgIpc) is 3.16. The average molecular weight is 455 g/mol. The first-order chi connectivity index (χ1) is 15.7. The van der Waals surface area contributed by atoms with E-state index in [0.29, 0.717) is 24.1 Å². The first-order valence-corrected chi connectivity index (χ1v) is 11.4. The first-order valence-electron chi connectivity index (χ1n) is 11.4. The quantitative estimate of drug-likeness (QED) is 0.308. The fraction of sp³-hybridized carbons (Fsp3) is 0.500. The maximum absolute atomic E-state index is 11.5. The molecule has 0 saturated carbocycles. The summed E-state index contributed by atoms with van der Waals surface area (Å²) < 4.78 is 7.30. The van der Waals surface area contributed by atoms with Crippen LogP contribution in [-0.4, -0.2) is 43.5 Å². The van der Waals surface area contributed by atoms with Crippen molar-refractivity contribution in [2.45, 2.75) is 72.5 Å². The van der Waals surface area contributed by atoms with Crippen LogP contribution in [0.3, 0.4) is 0 Å². The van der Waals surface area contributed by atoms with E-state index in [-0.39, 0.29) is 30.6 Å². The monoisotopic (exact) mass is 454 g/mol. The Morgan fingerprint density at radius 3 is 2.52 bits per heavy atom. The molecule has 0 fully saturated rings. The largest absolute Gasteiger partial charge is 0.426 e. The lowest BCUT2D eigenvalue weighted by atomic mass is 10.1. The number of ether oxygens (including phenoxy) is 1. The van der Waals surface area contributed by atoms with Crippen LogP contribution in [0.15, 0.2) is 24.3 Å². The lowest BCUT2D eigenvalue weighted by Gasteiger charge is -2.17. The molecule has 0 amide bonds. The smallest absolute Gasteiger partial charge is 0.308 e. The predicted octanol–water partition coefficient (Wildman–Crippen LogP) is 4.25. The molecule has 1 aromatic carbocycles. The van der Waals surface area contributed by atoms with E-state index in [2.05, 4.69) is 38.3 Å². The van der Waals surface area contributed by atoms with Crippen molar-refractivity contribution in [1.82, 2.24) is 19.7 Å². The van der Waals surface area contributed by atoms with Crippen LogP contribution < -0.4 is 15.4 Å². The van der Waals surface area contributed by atoms with Gasteiger partial charge in [0.05, 0.1) is 18.3 Å². The van der Waals surface area contributed by atoms with Gasteiger partial charge in [-0.05, 0) is 32.3 Å². The van der Waals surface area contributed by atoms with Crippen molar-refractivity contribution in [1.29, 1.82) is 0 Å². The minimum absolute atomic E-state index is 0.0152. The molecule has 9 nitrogen and oxygen atoms in total. The highest BCUT2D eigenvalue weighted by Gasteiger charge is 2.22. The van der Waals surface area contributed by atoms with Crippen molar-refractivity contribution in [3.8, 4) is 5.75 Å². The van der Waals surface area contributed by atoms with E-state index in [1.165, 1.54) is 6.92 Å². The Labute approximate surface area is 194 Å². The molecule has 3 rings (SSSR count). The van der Waals surface area contributed by atoms with Gasteiger partial charge in [0, 0.05) is 25.1 Å². The van der Waals surface area contributed by atoms with Gasteiger partial charge in [-0.2, -0.15) is 10.1 Å². The topological polar surface area (TPSA) is 114 Å². The lowest BCUT2D eigenvalue weighted by molar-refractivity contribution is -0.131. The summed E-state index contributed by atoms with van der Waals surface area (Å²) in [5.41, 5.74) is 3.32. The van der Waals surface area contributed by atoms with Gasteiger partial charge < -0.3 is 20.5 Å². The summed E-state index contributed by atoms with van der Waals surface area (Å²) >= 11 is 0. The molecule has 1 atom stereocenters. The molecule has 3 aromatic rings. The second kappa shape index (κ2) is 10.6. The Bertz CT molecular complexity index is 1110. The van der Waals surface area contributed by atoms with Crippen LogP contribution in [-0.2, 0) is 11.3 Å². The number of carbonyl (C=O) groups excluding carboxylic acids is 1. The second-order valence-corrected chi connectivity index (χ2v) is 8.66. The van der Waals surface area contributed by atoms with Gasteiger partial charge in [-0.1, -0.05) is 39.0 Å². The number of nitrogens with one attached hydrogen (secondary N) is 2. The molecular formula is C24H34N6O3. The Balaban J connectivity index is 2.09. The van der Waals surface area contributed by atoms with Crippen LogP contribution in [0.25, 0.3) is 11.0 Å². The highest BCUT2D eigenvalue weighted by atomic mass is 16.5. The van der Waals surface area contributed by atoms with Gasteiger partial charge in [0.2, 0.25) is 5.95 Å². The molecule has 3 N–H and O–H groups in total. The number of aliphatic hydroxyl groups is 1. The van der Waals surface area contributed by atoms with Gasteiger partial charge >= 0.3 is 5.97 Å². The number of aliphatic hydroxyl groups excluding tert-OH is 1. The van der Waals surface area contributed by atoms with Crippen molar-refractivity contribution in [2.75, 3.05) is 17.2 Å². The predicted molar refractivity (Wildman–Crippen MR) is 130 cm³/mol. The molecule has 0 aliphatic rings. The van der Waals surface area contributed by atoms with Crippen molar-refractivity contribution in [3.63, 3.8) is 0 Å². The third-order valence-corrected chi connectivity index (χ3v) is 5.33. The van der Waals surface area contributed by atoms with Crippen LogP contribution >= 0.6 is 0 Å². The van der Waals surface area contributed by atoms with Gasteiger partial charge in [-0.3, -0.25) is 9.48 Å². The van der Waals surface area contributed by atoms with E-state index in [4.69, 9.17) is 19.8 Å². The number of carbonyl (C=O) groups is 1. The molecule has 0 spiro atoms. The minimum Gasteiger partial charge on any atom is -0.426 e. The molecule has 178 valence electrons. The summed E-state index contributed by atoms with van der Waals surface area (Å²) in [4.78, 5) is 21.0. The third-order valence-electron chi connectivity index (χ3n) is 5.33. The highest BCUT2D eigenvalue weighted by Crippen LogP contribution is 2.32. The second-order valence-electron chi connectivity index (χ2n) is 8.66. The highest BCUT2D eigenvalue weighted by molar-refractivity contribution is 5.89. The van der Waals surface area contributed by atoms with E-state index >= 15 is 0 Å². The van der Waals surface area contributed by atoms with Crippen molar-refractivity contribution >= 4 is 28.8 Å². The molecule has 33 heavy (non-hydrogen) atoms. The number of para-hydroxylation sites is 1. The van der Waals surface area contributed by atoms with Crippen LogP contribution in [0.4, 0.5) is 11.8 Å². The summed E-state index contributed by atoms with van der Waals surface area (Å²) in [5.74, 6) is 1.37. The Morgan fingerprint density at radius 2 is 1.91 bits per heavy atom. The Kier molecular flexibility index (Phi) is 7.86. The van der Waals surface area contributed by atoms with E-state index in [0.717, 1.165) is 28.7 Å². The van der Waals surface area contributed by atoms with E-state index in [1.807, 2.05) is 29.8 Å². The number of fused-ring (bicyclic) bond motifs is 1. The van der Waals surface area contributed by atoms with Crippen molar-refractivity contribution in [3.05, 3.63) is 35.5 Å². The number of aromatic nitrogens is 4. The fourth-order valence-electron chi connectivity index (χ4n) is 3.56. The maximum atomic E-state index is 11.5. The summed E-state index contributed by atoms with van der Waals surface area (Å²) in [6.07, 6.45) is 0.735. The van der Waals surface area contributed by atoms with Gasteiger partial charge in [-0.15, -0.1) is 0 Å². The molecule has 0 aliphatic carbocycles. The van der Waals surface area contributed by atoms with Crippen LogP contribution in [0.5, 0.6) is 5.75 Å². The SMILES string of the molecule is CCC(CO)Nc1nc(NCc2ccccc2OC(C)=O)c2c(n1)c(C(C)C)nn2C(C)C. The number of hydrogen-bond acceptors (Lipinski definition) is 8. The molecule has 0 aliphatic heterocycles. The van der Waals surface area contributed by atoms with E-state index < -0.39 is 0 Å². The minimum atomic E-state index is -0.368. The van der Waals surface area contributed by atoms with Gasteiger partial charge in [0.15, 0.2) is 5.82 Å². The summed E-state index contributed by atoms with van der Waals surface area (Å²) in [6.45, 7) is 12.1. The number of anilines is 2. The van der Waals surface area contributed by atoms with Crippen LogP contribution in [0.2, 0.25) is 0 Å². The summed E-state index contributed by atoms with van der Waals surface area (Å²) in [6, 6.07) is 7.36. The normalized spacial score (nSPS) is 12.4. The van der Waals surface area contributed by atoms with Crippen LogP contribution in [0, 0.1) is 0 Å². The standard InChI is InChI=1S/C24H34N6O3/c1-7-18(13-31)26-24-27-21-20(14(2)3)29-30(15(4)5)22(21)23(28-24)25-12-17-10-8-9-11-19(17)33-16(6)32/h8-11,14-15,18,31H,7,12-13H2,1-6H3,(H2,25,26,27,28). The number of esters is 1. The zero-order valence-corrected chi connectivity index (χ0v) is 20.2. The van der Waals surface area contributed by atoms with Crippen molar-refractivity contribution in [2.24, 2.45) is 0 Å². The molecule has 2 heterocycles. The summed E-state index contributed by atoms with van der Waals surface area (Å²) in [7, 11) is 0. The molecule has 0 saturated heterocycles. The summed E-state index contributed by atoms with van der Waals surface area (Å²) in [5, 5.41) is 21.1. The molecule has 0 radical (unpaired) electrons. The lowest BCUT2D eigenvalue weighted by Crippen LogP contribution is -2.24. The zero-order chi connectivity index (χ0) is 24.1. The Hall–Kier alpha value is -3.20. The number of rotatable bonds is 10. The number of hydrogen-bond donors (Lipinski definition) is 3. The van der Waals surface area contributed by atoms with Crippen LogP contribution in [0.1, 0.15) is 71.2 Å². The van der Waals surface area contributed by atoms with E-state index in [9.17, 15) is 9.90 Å². The maximum Gasteiger partial charge on any atom is 0.308 e. The molecule has 0 bridgehead atoms. The number of benzene rings is 1. The molecular weight excluding hydrogens is 420 g/mol. The van der Waals surface area contributed by atoms with Crippen molar-refractivity contribution < 1.29 is 14.6 Å². The first kappa shape index (κ1) is 24.4.